The zero-order chi connectivity index (χ0) is 6.41. The van der Waals surface area contributed by atoms with Gasteiger partial charge in [0.25, 0.3) is 0 Å². The van der Waals surface area contributed by atoms with Crippen molar-refractivity contribution in [3.8, 4) is 0 Å². The van der Waals surface area contributed by atoms with Crippen LogP contribution in [-0.4, -0.2) is 7.05 Å². The summed E-state index contributed by atoms with van der Waals surface area (Å²) in [7, 11) is 1.68. The lowest BCUT2D eigenvalue weighted by Gasteiger charge is -1.88. The van der Waals surface area contributed by atoms with E-state index in [0.717, 1.165) is 12.1 Å². The predicted molar refractivity (Wildman–Crippen MR) is 34.8 cm³/mol. The van der Waals surface area contributed by atoms with Crippen molar-refractivity contribution < 1.29 is 0 Å². The van der Waals surface area contributed by atoms with Crippen LogP contribution in [0.1, 0.15) is 20.3 Å². The number of nitrogens with zero attached hydrogens (tertiary/aromatic N) is 2. The van der Waals surface area contributed by atoms with Gasteiger partial charge in [-0.3, -0.25) is 0 Å². The Morgan fingerprint density at radius 2 is 2.25 bits per heavy atom. The van der Waals surface area contributed by atoms with E-state index in [1.54, 1.807) is 7.05 Å². The Morgan fingerprint density at radius 1 is 1.62 bits per heavy atom. The highest BCUT2D eigenvalue weighted by molar-refractivity contribution is 4.94. The van der Waals surface area contributed by atoms with Crippen LogP contribution in [0, 0.1) is 0 Å². The van der Waals surface area contributed by atoms with E-state index in [2.05, 4.69) is 17.2 Å². The van der Waals surface area contributed by atoms with Crippen molar-refractivity contribution in [1.82, 2.24) is 0 Å². The first kappa shape index (κ1) is 7.34. The lowest BCUT2D eigenvalue weighted by atomic mass is 10.3. The molecule has 0 heterocycles. The maximum absolute atomic E-state index is 3.85. The zero-order valence-electron chi connectivity index (χ0n) is 5.68. The summed E-state index contributed by atoms with van der Waals surface area (Å²) in [6.45, 7) is 4.03. The molecule has 0 aliphatic rings. The smallest absolute Gasteiger partial charge is 0.0580 e. The second-order valence-corrected chi connectivity index (χ2v) is 1.43. The van der Waals surface area contributed by atoms with Gasteiger partial charge in [0.05, 0.1) is 5.70 Å². The average Bonchev–Trinajstić information content (AvgIpc) is 1.83. The molecule has 2 heteroatoms. The van der Waals surface area contributed by atoms with E-state index < -0.39 is 0 Å². The molecule has 0 spiro atoms. The Bertz CT molecular complexity index is 100. The minimum Gasteiger partial charge on any atom is -0.192 e. The van der Waals surface area contributed by atoms with Crippen molar-refractivity contribution in [3.63, 3.8) is 0 Å². The summed E-state index contributed by atoms with van der Waals surface area (Å²) in [5, 5.41) is 7.48. The van der Waals surface area contributed by atoms with E-state index >= 15 is 0 Å². The molecule has 0 aliphatic heterocycles. The molecule has 0 rings (SSSR count). The van der Waals surface area contributed by atoms with E-state index in [-0.39, 0.29) is 0 Å². The van der Waals surface area contributed by atoms with Crippen LogP contribution >= 0.6 is 0 Å². The van der Waals surface area contributed by atoms with Crippen molar-refractivity contribution in [2.45, 2.75) is 20.3 Å². The Labute approximate surface area is 50.3 Å². The van der Waals surface area contributed by atoms with Gasteiger partial charge in [0, 0.05) is 7.05 Å². The van der Waals surface area contributed by atoms with Gasteiger partial charge in [-0.2, -0.15) is 10.2 Å². The largest absolute Gasteiger partial charge is 0.192 e. The minimum absolute atomic E-state index is 0.966. The minimum atomic E-state index is 0.966. The van der Waals surface area contributed by atoms with E-state index in [1.807, 2.05) is 13.0 Å². The van der Waals surface area contributed by atoms with Gasteiger partial charge in [-0.05, 0) is 13.3 Å². The lowest BCUT2D eigenvalue weighted by molar-refractivity contribution is 0.977. The molecule has 0 aliphatic carbocycles. The molecular formula is C6H12N2. The molecular weight excluding hydrogens is 100 g/mol. The Balaban J connectivity index is 3.72. The first-order chi connectivity index (χ1) is 3.85. The first-order valence-electron chi connectivity index (χ1n) is 2.80. The summed E-state index contributed by atoms with van der Waals surface area (Å²) in [6.07, 6.45) is 2.93. The van der Waals surface area contributed by atoms with Crippen LogP contribution in [-0.2, 0) is 0 Å². The van der Waals surface area contributed by atoms with Crippen molar-refractivity contribution in [3.05, 3.63) is 11.8 Å². The number of azo groups is 1. The standard InChI is InChI=1S/C6H12N2/c1-4-6(5-2)8-7-3/h4H,5H2,1-3H3/b6-4-,8-7?. The molecule has 0 saturated heterocycles. The molecule has 2 nitrogen and oxygen atoms in total. The van der Waals surface area contributed by atoms with E-state index in [9.17, 15) is 0 Å². The summed E-state index contributed by atoms with van der Waals surface area (Å²) in [5.41, 5.74) is 1.05. The molecule has 0 bridgehead atoms. The molecule has 0 atom stereocenters. The molecule has 0 aromatic rings. The Hall–Kier alpha value is -0.660. The summed E-state index contributed by atoms with van der Waals surface area (Å²) in [4.78, 5) is 0. The van der Waals surface area contributed by atoms with Gasteiger partial charge < -0.3 is 0 Å². The summed E-state index contributed by atoms with van der Waals surface area (Å²) >= 11 is 0. The molecule has 0 aromatic heterocycles. The van der Waals surface area contributed by atoms with Crippen LogP contribution in [0.2, 0.25) is 0 Å². The van der Waals surface area contributed by atoms with Gasteiger partial charge in [-0.15, -0.1) is 0 Å². The molecule has 0 amide bonds. The number of rotatable bonds is 2. The fourth-order valence-corrected chi connectivity index (χ4v) is 0.461. The van der Waals surface area contributed by atoms with Gasteiger partial charge >= 0.3 is 0 Å². The van der Waals surface area contributed by atoms with Crippen molar-refractivity contribution in [1.29, 1.82) is 0 Å². The van der Waals surface area contributed by atoms with Gasteiger partial charge in [-0.1, -0.05) is 13.0 Å². The van der Waals surface area contributed by atoms with Gasteiger partial charge in [0.1, 0.15) is 0 Å². The molecule has 0 fully saturated rings. The Kier molecular flexibility index (Phi) is 4.13. The molecule has 0 radical (unpaired) electrons. The number of hydrogen-bond donors (Lipinski definition) is 0. The van der Waals surface area contributed by atoms with Crippen molar-refractivity contribution >= 4 is 0 Å². The van der Waals surface area contributed by atoms with E-state index in [0.29, 0.717) is 0 Å². The third kappa shape index (κ3) is 2.50. The molecule has 0 N–H and O–H groups in total. The SMILES string of the molecule is C/C=C(/CC)N=NC. The Morgan fingerprint density at radius 3 is 2.38 bits per heavy atom. The van der Waals surface area contributed by atoms with Gasteiger partial charge in [0.2, 0.25) is 0 Å². The molecule has 0 unspecified atom stereocenters. The normalized spacial score (nSPS) is 13.1. The molecule has 0 saturated carbocycles. The summed E-state index contributed by atoms with van der Waals surface area (Å²) < 4.78 is 0. The van der Waals surface area contributed by atoms with Crippen LogP contribution in [0.25, 0.3) is 0 Å². The van der Waals surface area contributed by atoms with Crippen molar-refractivity contribution in [2.24, 2.45) is 10.2 Å². The average molecular weight is 112 g/mol. The molecule has 0 aromatic carbocycles. The van der Waals surface area contributed by atoms with Gasteiger partial charge in [-0.25, -0.2) is 0 Å². The fraction of sp³-hybridized carbons (Fsp3) is 0.667. The fourth-order valence-electron chi connectivity index (χ4n) is 0.461. The zero-order valence-corrected chi connectivity index (χ0v) is 5.68. The highest BCUT2D eigenvalue weighted by Crippen LogP contribution is 2.00. The lowest BCUT2D eigenvalue weighted by Crippen LogP contribution is -1.69. The van der Waals surface area contributed by atoms with Gasteiger partial charge in [0.15, 0.2) is 0 Å². The highest BCUT2D eigenvalue weighted by atomic mass is 15.1. The maximum atomic E-state index is 3.85. The number of hydrogen-bond acceptors (Lipinski definition) is 2. The van der Waals surface area contributed by atoms with Crippen LogP contribution in [0.15, 0.2) is 22.0 Å². The van der Waals surface area contributed by atoms with Crippen LogP contribution in [0.5, 0.6) is 0 Å². The topological polar surface area (TPSA) is 24.7 Å². The van der Waals surface area contributed by atoms with Crippen LogP contribution in [0.4, 0.5) is 0 Å². The third-order valence-corrected chi connectivity index (χ3v) is 0.924. The quantitative estimate of drug-likeness (QED) is 0.490. The highest BCUT2D eigenvalue weighted by Gasteiger charge is 1.82. The third-order valence-electron chi connectivity index (χ3n) is 0.924. The number of allylic oxidation sites excluding steroid dienone is 2. The predicted octanol–water partition coefficient (Wildman–Crippen LogP) is 2.38. The van der Waals surface area contributed by atoms with Crippen LogP contribution in [0.3, 0.4) is 0 Å². The monoisotopic (exact) mass is 112 g/mol. The molecule has 46 valence electrons. The van der Waals surface area contributed by atoms with E-state index in [1.165, 1.54) is 0 Å². The summed E-state index contributed by atoms with van der Waals surface area (Å²) in [5.74, 6) is 0. The second-order valence-electron chi connectivity index (χ2n) is 1.43. The second kappa shape index (κ2) is 4.50. The summed E-state index contributed by atoms with van der Waals surface area (Å²) in [6, 6.07) is 0. The maximum Gasteiger partial charge on any atom is 0.0580 e. The van der Waals surface area contributed by atoms with Crippen molar-refractivity contribution in [2.75, 3.05) is 7.05 Å². The van der Waals surface area contributed by atoms with Crippen LogP contribution < -0.4 is 0 Å². The first-order valence-corrected chi connectivity index (χ1v) is 2.80. The van der Waals surface area contributed by atoms with E-state index in [4.69, 9.17) is 0 Å². The molecule has 8 heavy (non-hydrogen) atoms.